The second kappa shape index (κ2) is 9.95. The van der Waals surface area contributed by atoms with E-state index in [9.17, 15) is 9.59 Å². The Labute approximate surface area is 215 Å². The molecule has 190 valence electrons. The van der Waals surface area contributed by atoms with Crippen molar-refractivity contribution in [2.24, 2.45) is 0 Å². The number of carbonyl (C=O) groups excluding carboxylic acids is 1. The molecule has 0 bridgehead atoms. The van der Waals surface area contributed by atoms with Crippen LogP contribution in [0.15, 0.2) is 21.4 Å². The molecule has 8 nitrogen and oxygen atoms in total. The van der Waals surface area contributed by atoms with E-state index >= 15 is 0 Å². The molecule has 4 rings (SSSR count). The van der Waals surface area contributed by atoms with E-state index in [-0.39, 0.29) is 18.0 Å². The summed E-state index contributed by atoms with van der Waals surface area (Å²) in [6.07, 6.45) is 2.23. The lowest BCUT2D eigenvalue weighted by Gasteiger charge is -2.38. The Kier molecular flexibility index (Phi) is 7.31. The summed E-state index contributed by atoms with van der Waals surface area (Å²) in [6, 6.07) is 4.26. The molecule has 1 atom stereocenters. The Morgan fingerprint density at radius 1 is 1.20 bits per heavy atom. The van der Waals surface area contributed by atoms with E-state index in [1.807, 2.05) is 33.8 Å². The standard InChI is InChI=1S/C26H35BrN4O4/c1-15-11-16(2)29-25(33)20(15)13-28-24(32)19-12-21(27)23-22(17(19)3)34-26(4,35-23)14-31-9-7-18(8-10-31)30(5)6/h11-12,18H,7-10,13-14H2,1-6H3,(H,28,32)(H,29,33). The van der Waals surface area contributed by atoms with Crippen LogP contribution in [-0.4, -0.2) is 66.2 Å². The molecule has 2 N–H and O–H groups in total. The number of aromatic amines is 1. The zero-order chi connectivity index (χ0) is 25.5. The van der Waals surface area contributed by atoms with Crippen molar-refractivity contribution >= 4 is 21.8 Å². The lowest BCUT2D eigenvalue weighted by molar-refractivity contribution is -0.0890. The van der Waals surface area contributed by atoms with Gasteiger partial charge in [0, 0.05) is 41.9 Å². The van der Waals surface area contributed by atoms with Crippen molar-refractivity contribution in [1.82, 2.24) is 20.1 Å². The molecule has 2 aromatic rings. The fourth-order valence-corrected chi connectivity index (χ4v) is 5.53. The highest BCUT2D eigenvalue weighted by molar-refractivity contribution is 9.10. The second-order valence-corrected chi connectivity index (χ2v) is 11.0. The number of amides is 1. The largest absolute Gasteiger partial charge is 0.447 e. The van der Waals surface area contributed by atoms with Crippen LogP contribution in [0.2, 0.25) is 0 Å². The highest BCUT2D eigenvalue weighted by Crippen LogP contribution is 2.48. The van der Waals surface area contributed by atoms with Crippen LogP contribution in [0.3, 0.4) is 0 Å². The van der Waals surface area contributed by atoms with Crippen molar-refractivity contribution in [2.75, 3.05) is 33.7 Å². The van der Waals surface area contributed by atoms with E-state index in [2.05, 4.69) is 50.1 Å². The van der Waals surface area contributed by atoms with Gasteiger partial charge in [0.05, 0.1) is 11.0 Å². The minimum Gasteiger partial charge on any atom is -0.447 e. The number of ether oxygens (including phenoxy) is 2. The van der Waals surface area contributed by atoms with Crippen LogP contribution in [0.25, 0.3) is 0 Å². The number of rotatable bonds is 6. The maximum atomic E-state index is 13.1. The summed E-state index contributed by atoms with van der Waals surface area (Å²) >= 11 is 3.57. The predicted octanol–water partition coefficient (Wildman–Crippen LogP) is 3.51. The van der Waals surface area contributed by atoms with E-state index in [1.54, 1.807) is 6.07 Å². The van der Waals surface area contributed by atoms with Crippen molar-refractivity contribution in [1.29, 1.82) is 0 Å². The molecule has 35 heavy (non-hydrogen) atoms. The molecule has 1 amide bonds. The monoisotopic (exact) mass is 546 g/mol. The number of aromatic nitrogens is 1. The lowest BCUT2D eigenvalue weighted by Crippen LogP contribution is -2.51. The Morgan fingerprint density at radius 3 is 2.49 bits per heavy atom. The number of pyridine rings is 1. The summed E-state index contributed by atoms with van der Waals surface area (Å²) in [7, 11) is 4.27. The van der Waals surface area contributed by atoms with Crippen molar-refractivity contribution in [3.63, 3.8) is 0 Å². The van der Waals surface area contributed by atoms with Crippen molar-refractivity contribution in [3.8, 4) is 11.5 Å². The molecule has 1 fully saturated rings. The fourth-order valence-electron chi connectivity index (χ4n) is 5.04. The molecule has 0 radical (unpaired) electrons. The van der Waals surface area contributed by atoms with Crippen molar-refractivity contribution in [2.45, 2.75) is 58.9 Å². The molecule has 0 aliphatic carbocycles. The average molecular weight is 547 g/mol. The van der Waals surface area contributed by atoms with Gasteiger partial charge in [0.25, 0.3) is 17.3 Å². The summed E-state index contributed by atoms with van der Waals surface area (Å²) in [5.41, 5.74) is 3.20. The maximum absolute atomic E-state index is 13.1. The molecule has 0 saturated carbocycles. The number of H-pyrrole nitrogens is 1. The second-order valence-electron chi connectivity index (χ2n) is 10.1. The van der Waals surface area contributed by atoms with Gasteiger partial charge < -0.3 is 24.7 Å². The Hall–Kier alpha value is -2.36. The van der Waals surface area contributed by atoms with Crippen LogP contribution in [-0.2, 0) is 6.54 Å². The fraction of sp³-hybridized carbons (Fsp3) is 0.538. The van der Waals surface area contributed by atoms with Crippen LogP contribution >= 0.6 is 15.9 Å². The topological polar surface area (TPSA) is 86.9 Å². The summed E-state index contributed by atoms with van der Waals surface area (Å²) in [5, 5.41) is 2.89. The number of hydrogen-bond acceptors (Lipinski definition) is 6. The summed E-state index contributed by atoms with van der Waals surface area (Å²) in [6.45, 7) is 10.3. The smallest absolute Gasteiger partial charge is 0.261 e. The van der Waals surface area contributed by atoms with Gasteiger partial charge in [-0.25, -0.2) is 0 Å². The highest BCUT2D eigenvalue weighted by atomic mass is 79.9. The van der Waals surface area contributed by atoms with Gasteiger partial charge in [-0.05, 0) is 94.4 Å². The van der Waals surface area contributed by atoms with Gasteiger partial charge in [-0.15, -0.1) is 0 Å². The Balaban J connectivity index is 1.47. The molecular formula is C26H35BrN4O4. The highest BCUT2D eigenvalue weighted by Gasteiger charge is 2.42. The van der Waals surface area contributed by atoms with E-state index < -0.39 is 5.79 Å². The zero-order valence-corrected chi connectivity index (χ0v) is 23.0. The van der Waals surface area contributed by atoms with Crippen molar-refractivity contribution < 1.29 is 14.3 Å². The number of aryl methyl sites for hydroxylation is 2. The van der Waals surface area contributed by atoms with Crippen LogP contribution in [0, 0.1) is 20.8 Å². The number of nitrogens with zero attached hydrogens (tertiary/aromatic N) is 2. The number of likely N-dealkylation sites (tertiary alicyclic amines) is 1. The number of fused-ring (bicyclic) bond motifs is 1. The van der Waals surface area contributed by atoms with Gasteiger partial charge in [0.15, 0.2) is 11.5 Å². The zero-order valence-electron chi connectivity index (χ0n) is 21.4. The van der Waals surface area contributed by atoms with Crippen LogP contribution in [0.5, 0.6) is 11.5 Å². The van der Waals surface area contributed by atoms with E-state index in [0.717, 1.165) is 37.2 Å². The summed E-state index contributed by atoms with van der Waals surface area (Å²) in [5.74, 6) is 0.102. The molecule has 2 aliphatic rings. The quantitative estimate of drug-likeness (QED) is 0.576. The Bertz CT molecular complexity index is 1190. The molecule has 9 heteroatoms. The molecule has 0 spiro atoms. The van der Waals surface area contributed by atoms with Crippen LogP contribution < -0.4 is 20.3 Å². The number of carbonyl (C=O) groups is 1. The van der Waals surface area contributed by atoms with E-state index in [0.29, 0.717) is 45.2 Å². The van der Waals surface area contributed by atoms with Gasteiger partial charge in [-0.2, -0.15) is 0 Å². The van der Waals surface area contributed by atoms with E-state index in [1.165, 1.54) is 0 Å². The molecular weight excluding hydrogens is 512 g/mol. The van der Waals surface area contributed by atoms with Gasteiger partial charge in [0.2, 0.25) is 0 Å². The summed E-state index contributed by atoms with van der Waals surface area (Å²) in [4.78, 5) is 32.9. The number of piperidine rings is 1. The van der Waals surface area contributed by atoms with Gasteiger partial charge >= 0.3 is 0 Å². The SMILES string of the molecule is Cc1cc(C)c(CNC(=O)c2cc(Br)c3c(c2C)OC(C)(CN2CCC(N(C)C)CC2)O3)c(=O)[nH]1. The number of benzene rings is 1. The first-order chi connectivity index (χ1) is 16.5. The Morgan fingerprint density at radius 2 is 1.86 bits per heavy atom. The predicted molar refractivity (Wildman–Crippen MR) is 139 cm³/mol. The normalized spacial score (nSPS) is 20.5. The molecule has 1 saturated heterocycles. The molecule has 2 aliphatic heterocycles. The van der Waals surface area contributed by atoms with Gasteiger partial charge in [-0.3, -0.25) is 14.5 Å². The summed E-state index contributed by atoms with van der Waals surface area (Å²) < 4.78 is 13.3. The number of nitrogens with one attached hydrogen (secondary N) is 2. The number of hydrogen-bond donors (Lipinski definition) is 2. The average Bonchev–Trinajstić information content (AvgIpc) is 3.13. The van der Waals surface area contributed by atoms with Gasteiger partial charge in [-0.1, -0.05) is 0 Å². The number of halogens is 1. The first-order valence-electron chi connectivity index (χ1n) is 12.0. The minimum atomic E-state index is -0.831. The van der Waals surface area contributed by atoms with Crippen LogP contribution in [0.4, 0.5) is 0 Å². The maximum Gasteiger partial charge on any atom is 0.261 e. The molecule has 1 aromatic heterocycles. The third-order valence-corrected chi connectivity index (χ3v) is 7.63. The molecule has 1 unspecified atom stereocenters. The first-order valence-corrected chi connectivity index (χ1v) is 12.8. The molecule has 1 aromatic carbocycles. The minimum absolute atomic E-state index is 0.145. The third kappa shape index (κ3) is 5.42. The third-order valence-electron chi connectivity index (χ3n) is 7.04. The van der Waals surface area contributed by atoms with Crippen molar-refractivity contribution in [3.05, 3.63) is 54.9 Å². The first kappa shape index (κ1) is 25.7. The molecule has 3 heterocycles. The van der Waals surface area contributed by atoms with E-state index in [4.69, 9.17) is 9.47 Å². The van der Waals surface area contributed by atoms with Gasteiger partial charge in [0.1, 0.15) is 0 Å². The van der Waals surface area contributed by atoms with Crippen LogP contribution in [0.1, 0.15) is 52.5 Å². The lowest BCUT2D eigenvalue weighted by atomic mass is 10.0.